The van der Waals surface area contributed by atoms with Crippen LogP contribution in [0.4, 0.5) is 5.69 Å². The molecule has 0 N–H and O–H groups in total. The van der Waals surface area contributed by atoms with E-state index in [0.717, 1.165) is 6.67 Å². The van der Waals surface area contributed by atoms with E-state index in [2.05, 4.69) is 86.1 Å². The number of fused-ring (bicyclic) bond motifs is 3. The van der Waals surface area contributed by atoms with Crippen molar-refractivity contribution in [3.63, 3.8) is 0 Å². The van der Waals surface area contributed by atoms with Crippen molar-refractivity contribution in [2.75, 3.05) is 18.6 Å². The highest BCUT2D eigenvalue weighted by atomic mass is 32.2. The van der Waals surface area contributed by atoms with Crippen LogP contribution < -0.4 is 4.90 Å². The van der Waals surface area contributed by atoms with Gasteiger partial charge in [0.1, 0.15) is 0 Å². The van der Waals surface area contributed by atoms with E-state index in [-0.39, 0.29) is 5.41 Å². The molecule has 1 heterocycles. The Bertz CT molecular complexity index is 851. The molecule has 0 spiro atoms. The van der Waals surface area contributed by atoms with Gasteiger partial charge in [0.15, 0.2) is 0 Å². The second-order valence-electron chi connectivity index (χ2n) is 7.01. The lowest BCUT2D eigenvalue weighted by atomic mass is 9.82. The molecule has 4 rings (SSSR count). The van der Waals surface area contributed by atoms with Crippen LogP contribution in [0.15, 0.2) is 65.7 Å². The fraction of sp³-hybridized carbons (Fsp3) is 0.238. The Labute approximate surface area is 148 Å². The molecule has 0 atom stereocenters. The first-order valence-electron chi connectivity index (χ1n) is 8.23. The minimum Gasteiger partial charge on any atom is -0.361 e. The summed E-state index contributed by atoms with van der Waals surface area (Å²) in [5, 5.41) is 1.89. The van der Waals surface area contributed by atoms with Gasteiger partial charge in [0, 0.05) is 35.4 Å². The van der Waals surface area contributed by atoms with Gasteiger partial charge < -0.3 is 9.80 Å². The number of thioether (sulfide) groups is 1. The van der Waals surface area contributed by atoms with Gasteiger partial charge in [-0.25, -0.2) is 0 Å². The predicted molar refractivity (Wildman–Crippen MR) is 104 cm³/mol. The first-order valence-corrected chi connectivity index (χ1v) is 9.11. The summed E-state index contributed by atoms with van der Waals surface area (Å²) in [7, 11) is 2.10. The summed E-state index contributed by atoms with van der Waals surface area (Å²) in [6.07, 6.45) is 4.27. The van der Waals surface area contributed by atoms with Crippen LogP contribution in [0.5, 0.6) is 0 Å². The first kappa shape index (κ1) is 15.4. The first-order chi connectivity index (χ1) is 11.5. The molecule has 2 aromatic carbocycles. The van der Waals surface area contributed by atoms with Gasteiger partial charge in [0.2, 0.25) is 0 Å². The molecule has 2 aromatic rings. The molecule has 0 fully saturated rings. The van der Waals surface area contributed by atoms with E-state index in [1.54, 1.807) is 11.8 Å². The van der Waals surface area contributed by atoms with Gasteiger partial charge in [-0.3, -0.25) is 0 Å². The molecular formula is C21H22N2S. The summed E-state index contributed by atoms with van der Waals surface area (Å²) in [5.74, 6) is 0. The number of hydrogen-bond acceptors (Lipinski definition) is 3. The van der Waals surface area contributed by atoms with Crippen molar-refractivity contribution in [2.24, 2.45) is 0 Å². The Balaban J connectivity index is 1.80. The van der Waals surface area contributed by atoms with Crippen LogP contribution in [0.2, 0.25) is 0 Å². The van der Waals surface area contributed by atoms with Crippen LogP contribution >= 0.6 is 11.8 Å². The maximum Gasteiger partial charge on any atom is 0.0938 e. The van der Waals surface area contributed by atoms with Crippen LogP contribution in [0.3, 0.4) is 0 Å². The minimum absolute atomic E-state index is 0.0216. The lowest BCUT2D eigenvalue weighted by Crippen LogP contribution is -2.22. The topological polar surface area (TPSA) is 6.48 Å². The highest BCUT2D eigenvalue weighted by Crippen LogP contribution is 2.50. The molecule has 1 aliphatic heterocycles. The Morgan fingerprint density at radius 1 is 1.04 bits per heavy atom. The summed E-state index contributed by atoms with van der Waals surface area (Å²) in [4.78, 5) is 5.73. The molecule has 2 nitrogen and oxygen atoms in total. The molecule has 1 aliphatic carbocycles. The molecule has 0 saturated carbocycles. The summed E-state index contributed by atoms with van der Waals surface area (Å²) in [6.45, 7) is 9.40. The highest BCUT2D eigenvalue weighted by molar-refractivity contribution is 8.02. The number of benzene rings is 2. The Morgan fingerprint density at radius 2 is 1.75 bits per heavy atom. The number of anilines is 1. The zero-order valence-corrected chi connectivity index (χ0v) is 15.2. The maximum atomic E-state index is 3.83. The second kappa shape index (κ2) is 5.45. The quantitative estimate of drug-likeness (QED) is 0.693. The van der Waals surface area contributed by atoms with Crippen LogP contribution in [-0.2, 0) is 5.41 Å². The molecular weight excluding hydrogens is 312 g/mol. The van der Waals surface area contributed by atoms with Crippen LogP contribution in [0.1, 0.15) is 25.0 Å². The summed E-state index contributed by atoms with van der Waals surface area (Å²) < 4.78 is 0. The third-order valence-corrected chi connectivity index (χ3v) is 5.75. The van der Waals surface area contributed by atoms with Crippen molar-refractivity contribution < 1.29 is 0 Å². The third kappa shape index (κ3) is 2.27. The van der Waals surface area contributed by atoms with E-state index in [4.69, 9.17) is 0 Å². The van der Waals surface area contributed by atoms with Crippen molar-refractivity contribution in [1.29, 1.82) is 0 Å². The predicted octanol–water partition coefficient (Wildman–Crippen LogP) is 5.41. The molecule has 0 unspecified atom stereocenters. The number of rotatable bonds is 3. The van der Waals surface area contributed by atoms with E-state index in [9.17, 15) is 0 Å². The van der Waals surface area contributed by atoms with Gasteiger partial charge in [0.05, 0.1) is 6.67 Å². The second-order valence-corrected chi connectivity index (χ2v) is 8.05. The van der Waals surface area contributed by atoms with Gasteiger partial charge in [0.25, 0.3) is 0 Å². The van der Waals surface area contributed by atoms with Crippen LogP contribution in [0, 0.1) is 0 Å². The monoisotopic (exact) mass is 334 g/mol. The maximum absolute atomic E-state index is 3.83. The molecule has 0 aromatic heterocycles. The van der Waals surface area contributed by atoms with Crippen molar-refractivity contribution in [3.8, 4) is 11.1 Å². The average molecular weight is 334 g/mol. The molecule has 0 bridgehead atoms. The smallest absolute Gasteiger partial charge is 0.0938 e. The van der Waals surface area contributed by atoms with Gasteiger partial charge in [-0.1, -0.05) is 44.3 Å². The van der Waals surface area contributed by atoms with E-state index in [1.165, 1.54) is 32.8 Å². The van der Waals surface area contributed by atoms with Crippen molar-refractivity contribution in [2.45, 2.75) is 24.2 Å². The molecule has 122 valence electrons. The fourth-order valence-electron chi connectivity index (χ4n) is 3.75. The van der Waals surface area contributed by atoms with Crippen LogP contribution in [0.25, 0.3) is 11.1 Å². The van der Waals surface area contributed by atoms with Crippen molar-refractivity contribution in [3.05, 3.63) is 71.9 Å². The van der Waals surface area contributed by atoms with Gasteiger partial charge in [-0.2, -0.15) is 0 Å². The SMILES string of the molecule is C=CSc1ccc2c(c1)C(C)(C)c1cc(N3C=CN(C)C3)ccc1-2. The number of hydrogen-bond donors (Lipinski definition) is 0. The van der Waals surface area contributed by atoms with Crippen molar-refractivity contribution >= 4 is 17.4 Å². The van der Waals surface area contributed by atoms with Crippen molar-refractivity contribution in [1.82, 2.24) is 4.90 Å². The van der Waals surface area contributed by atoms with E-state index >= 15 is 0 Å². The highest BCUT2D eigenvalue weighted by Gasteiger charge is 2.36. The average Bonchev–Trinajstić information content (AvgIpc) is 3.09. The zero-order chi connectivity index (χ0) is 16.9. The largest absolute Gasteiger partial charge is 0.361 e. The molecule has 2 aliphatic rings. The molecule has 0 radical (unpaired) electrons. The Morgan fingerprint density at radius 3 is 2.42 bits per heavy atom. The lowest BCUT2D eigenvalue weighted by Gasteiger charge is -2.24. The molecule has 0 amide bonds. The third-order valence-electron chi connectivity index (χ3n) is 5.06. The van der Waals surface area contributed by atoms with E-state index < -0.39 is 0 Å². The minimum atomic E-state index is 0.0216. The van der Waals surface area contributed by atoms with E-state index in [1.807, 2.05) is 5.41 Å². The molecule has 0 saturated heterocycles. The Hall–Kier alpha value is -2.13. The normalized spacial score (nSPS) is 17.1. The number of nitrogens with zero attached hydrogens (tertiary/aromatic N) is 2. The Kier molecular flexibility index (Phi) is 3.50. The summed E-state index contributed by atoms with van der Waals surface area (Å²) in [6, 6.07) is 13.7. The summed E-state index contributed by atoms with van der Waals surface area (Å²) in [5.41, 5.74) is 6.84. The standard InChI is InChI=1S/C21H22N2S/c1-5-24-16-7-9-18-17-8-6-15(23-11-10-22(4)14-23)12-19(17)21(2,3)20(18)13-16/h5-13H,1,14H2,2-4H3. The molecule has 3 heteroatoms. The zero-order valence-electron chi connectivity index (χ0n) is 14.4. The van der Waals surface area contributed by atoms with Gasteiger partial charge in [-0.15, -0.1) is 0 Å². The van der Waals surface area contributed by atoms with E-state index in [0.29, 0.717) is 0 Å². The summed E-state index contributed by atoms with van der Waals surface area (Å²) >= 11 is 1.69. The van der Waals surface area contributed by atoms with Gasteiger partial charge in [-0.05, 0) is 51.9 Å². The molecule has 24 heavy (non-hydrogen) atoms. The van der Waals surface area contributed by atoms with Crippen LogP contribution in [-0.4, -0.2) is 18.6 Å². The fourth-order valence-corrected chi connectivity index (χ4v) is 4.27. The lowest BCUT2D eigenvalue weighted by molar-refractivity contribution is 0.495. The van der Waals surface area contributed by atoms with Gasteiger partial charge >= 0.3 is 0 Å².